The van der Waals surface area contributed by atoms with Gasteiger partial charge in [0.15, 0.2) is 0 Å². The number of hydrogen-bond donors (Lipinski definition) is 2. The van der Waals surface area contributed by atoms with Gasteiger partial charge in [-0.2, -0.15) is 0 Å². The molecule has 2 amide bonds. The highest BCUT2D eigenvalue weighted by molar-refractivity contribution is 5.86. The van der Waals surface area contributed by atoms with E-state index in [0.717, 1.165) is 35.1 Å². The second kappa shape index (κ2) is 9.72. The van der Waals surface area contributed by atoms with Gasteiger partial charge >= 0.3 is 12.1 Å². The Balaban J connectivity index is 1.23. The van der Waals surface area contributed by atoms with Crippen LogP contribution in [0.25, 0.3) is 11.1 Å². The van der Waals surface area contributed by atoms with Gasteiger partial charge in [0.2, 0.25) is 5.91 Å². The van der Waals surface area contributed by atoms with Crippen molar-refractivity contribution in [3.05, 3.63) is 59.7 Å². The van der Waals surface area contributed by atoms with E-state index in [2.05, 4.69) is 29.6 Å². The van der Waals surface area contributed by atoms with E-state index in [4.69, 9.17) is 9.84 Å². The zero-order chi connectivity index (χ0) is 24.5. The van der Waals surface area contributed by atoms with Crippen LogP contribution in [0.3, 0.4) is 0 Å². The van der Waals surface area contributed by atoms with Crippen molar-refractivity contribution < 1.29 is 24.2 Å². The number of carboxylic acid groups (broad SMARTS) is 1. The first-order valence-electron chi connectivity index (χ1n) is 12.5. The maximum absolute atomic E-state index is 13.3. The van der Waals surface area contributed by atoms with E-state index in [-0.39, 0.29) is 36.7 Å². The minimum Gasteiger partial charge on any atom is -0.481 e. The fourth-order valence-electron chi connectivity index (χ4n) is 5.62. The van der Waals surface area contributed by atoms with Gasteiger partial charge in [0.1, 0.15) is 12.6 Å². The van der Waals surface area contributed by atoms with Crippen LogP contribution in [0.15, 0.2) is 48.5 Å². The number of alkyl carbamates (subject to hydrolysis) is 1. The highest BCUT2D eigenvalue weighted by Crippen LogP contribution is 2.44. The molecule has 3 aliphatic rings. The number of likely N-dealkylation sites (tertiary alicyclic amines) is 1. The number of hydrogen-bond acceptors (Lipinski definition) is 4. The summed E-state index contributed by atoms with van der Waals surface area (Å²) in [4.78, 5) is 39.1. The standard InChI is InChI=1S/C28H32N2O5/c1-17-14-30(15-19(17)13-26(31)32)27(33)25(12-18-10-11-18)29-28(34)35-16-24-22-8-4-2-6-20(22)21-7-3-5-9-23(21)24/h2-9,17-19,24-25H,10-16H2,1H3,(H,29,34)(H,31,32)/t17-,19-,25?/m1/s1. The van der Waals surface area contributed by atoms with E-state index in [1.54, 1.807) is 4.90 Å². The molecule has 184 valence electrons. The molecule has 1 heterocycles. The van der Waals surface area contributed by atoms with Gasteiger partial charge in [0.05, 0.1) is 6.42 Å². The molecule has 0 spiro atoms. The van der Waals surface area contributed by atoms with Gasteiger partial charge in [0.25, 0.3) is 0 Å². The molecule has 0 radical (unpaired) electrons. The molecule has 1 saturated carbocycles. The van der Waals surface area contributed by atoms with Crippen molar-refractivity contribution in [3.63, 3.8) is 0 Å². The van der Waals surface area contributed by atoms with Gasteiger partial charge in [-0.3, -0.25) is 9.59 Å². The van der Waals surface area contributed by atoms with E-state index in [9.17, 15) is 14.4 Å². The fourth-order valence-corrected chi connectivity index (χ4v) is 5.62. The fraction of sp³-hybridized carbons (Fsp3) is 0.464. The maximum atomic E-state index is 13.3. The molecule has 1 saturated heterocycles. The lowest BCUT2D eigenvalue weighted by atomic mass is 9.95. The van der Waals surface area contributed by atoms with Crippen LogP contribution < -0.4 is 5.32 Å². The Labute approximate surface area is 205 Å². The van der Waals surface area contributed by atoms with E-state index >= 15 is 0 Å². The molecular formula is C28H32N2O5. The summed E-state index contributed by atoms with van der Waals surface area (Å²) < 4.78 is 5.68. The lowest BCUT2D eigenvalue weighted by Gasteiger charge is -2.25. The van der Waals surface area contributed by atoms with Gasteiger partial charge in [-0.15, -0.1) is 0 Å². The van der Waals surface area contributed by atoms with Crippen molar-refractivity contribution >= 4 is 18.0 Å². The number of benzene rings is 2. The second-order valence-electron chi connectivity index (χ2n) is 10.3. The van der Waals surface area contributed by atoms with Crippen LogP contribution >= 0.6 is 0 Å². The topological polar surface area (TPSA) is 95.9 Å². The highest BCUT2D eigenvalue weighted by Gasteiger charge is 2.39. The second-order valence-corrected chi connectivity index (χ2v) is 10.3. The minimum atomic E-state index is -0.845. The van der Waals surface area contributed by atoms with Crippen molar-refractivity contribution in [1.29, 1.82) is 0 Å². The van der Waals surface area contributed by atoms with E-state index in [1.165, 1.54) is 0 Å². The summed E-state index contributed by atoms with van der Waals surface area (Å²) in [6, 6.07) is 15.7. The molecule has 7 nitrogen and oxygen atoms in total. The Hall–Kier alpha value is -3.35. The lowest BCUT2D eigenvalue weighted by Crippen LogP contribution is -2.48. The molecule has 2 fully saturated rings. The smallest absolute Gasteiger partial charge is 0.407 e. The first kappa shape index (κ1) is 23.4. The summed E-state index contributed by atoms with van der Waals surface area (Å²) in [5.74, 6) is -0.527. The Bertz CT molecular complexity index is 1080. The SMILES string of the molecule is C[C@@H]1CN(C(=O)C(CC2CC2)NC(=O)OCC2c3ccccc3-c3ccccc32)C[C@H]1CC(=O)O. The van der Waals surface area contributed by atoms with Crippen LogP contribution in [-0.4, -0.2) is 53.7 Å². The molecule has 0 bridgehead atoms. The number of carbonyl (C=O) groups is 3. The number of nitrogens with one attached hydrogen (secondary N) is 1. The van der Waals surface area contributed by atoms with Crippen molar-refractivity contribution in [2.45, 2.75) is 44.6 Å². The molecule has 1 aliphatic heterocycles. The third-order valence-electron chi connectivity index (χ3n) is 7.72. The number of carboxylic acids is 1. The molecule has 3 atom stereocenters. The molecular weight excluding hydrogens is 444 g/mol. The third kappa shape index (κ3) is 5.04. The summed E-state index contributed by atoms with van der Waals surface area (Å²) in [5, 5.41) is 12.0. The molecule has 2 aromatic carbocycles. The Morgan fingerprint density at radius 1 is 1.03 bits per heavy atom. The number of amides is 2. The Morgan fingerprint density at radius 2 is 1.66 bits per heavy atom. The minimum absolute atomic E-state index is 0.0399. The molecule has 5 rings (SSSR count). The molecule has 7 heteroatoms. The van der Waals surface area contributed by atoms with Crippen LogP contribution in [0.4, 0.5) is 4.79 Å². The predicted molar refractivity (Wildman–Crippen MR) is 131 cm³/mol. The van der Waals surface area contributed by atoms with Crippen LogP contribution in [0.1, 0.15) is 49.7 Å². The lowest BCUT2D eigenvalue weighted by molar-refractivity contribution is -0.139. The highest BCUT2D eigenvalue weighted by atomic mass is 16.5. The van der Waals surface area contributed by atoms with E-state index in [0.29, 0.717) is 25.4 Å². The van der Waals surface area contributed by atoms with E-state index < -0.39 is 18.1 Å². The van der Waals surface area contributed by atoms with Crippen molar-refractivity contribution in [2.24, 2.45) is 17.8 Å². The van der Waals surface area contributed by atoms with Crippen LogP contribution in [0, 0.1) is 17.8 Å². The zero-order valence-electron chi connectivity index (χ0n) is 20.0. The molecule has 0 aromatic heterocycles. The third-order valence-corrected chi connectivity index (χ3v) is 7.72. The van der Waals surface area contributed by atoms with Crippen molar-refractivity contribution in [1.82, 2.24) is 10.2 Å². The van der Waals surface area contributed by atoms with Gasteiger partial charge < -0.3 is 20.1 Å². The Kier molecular flexibility index (Phi) is 6.50. The summed E-state index contributed by atoms with van der Waals surface area (Å²) in [6.07, 6.45) is 2.19. The first-order valence-corrected chi connectivity index (χ1v) is 12.5. The average molecular weight is 477 g/mol. The van der Waals surface area contributed by atoms with Gasteiger partial charge in [0, 0.05) is 19.0 Å². The van der Waals surface area contributed by atoms with Gasteiger partial charge in [-0.1, -0.05) is 68.3 Å². The molecule has 1 unspecified atom stereocenters. The average Bonchev–Trinajstić information content (AvgIpc) is 3.51. The van der Waals surface area contributed by atoms with Gasteiger partial charge in [-0.25, -0.2) is 4.79 Å². The number of carbonyl (C=O) groups excluding carboxylic acids is 2. The molecule has 2 aliphatic carbocycles. The zero-order valence-corrected chi connectivity index (χ0v) is 20.0. The summed E-state index contributed by atoms with van der Waals surface area (Å²) in [6.45, 7) is 3.12. The normalized spacial score (nSPS) is 21.8. The summed E-state index contributed by atoms with van der Waals surface area (Å²) in [7, 11) is 0. The summed E-state index contributed by atoms with van der Waals surface area (Å²) in [5.41, 5.74) is 4.61. The van der Waals surface area contributed by atoms with Crippen molar-refractivity contribution in [2.75, 3.05) is 19.7 Å². The monoisotopic (exact) mass is 476 g/mol. The largest absolute Gasteiger partial charge is 0.481 e. The maximum Gasteiger partial charge on any atom is 0.407 e. The number of nitrogens with zero attached hydrogens (tertiary/aromatic N) is 1. The van der Waals surface area contributed by atoms with Gasteiger partial charge in [-0.05, 0) is 46.4 Å². The molecule has 35 heavy (non-hydrogen) atoms. The van der Waals surface area contributed by atoms with E-state index in [1.807, 2.05) is 31.2 Å². The Morgan fingerprint density at radius 3 is 2.26 bits per heavy atom. The number of rotatable bonds is 8. The number of fused-ring (bicyclic) bond motifs is 3. The molecule has 2 aromatic rings. The quantitative estimate of drug-likeness (QED) is 0.593. The summed E-state index contributed by atoms with van der Waals surface area (Å²) >= 11 is 0. The van der Waals surface area contributed by atoms with Crippen LogP contribution in [0.2, 0.25) is 0 Å². The first-order chi connectivity index (χ1) is 16.9. The number of aliphatic carboxylic acids is 1. The van der Waals surface area contributed by atoms with Crippen LogP contribution in [-0.2, 0) is 14.3 Å². The molecule has 2 N–H and O–H groups in total. The van der Waals surface area contributed by atoms with Crippen LogP contribution in [0.5, 0.6) is 0 Å². The predicted octanol–water partition coefficient (Wildman–Crippen LogP) is 4.26. The van der Waals surface area contributed by atoms with Crippen molar-refractivity contribution in [3.8, 4) is 11.1 Å². The number of ether oxygens (including phenoxy) is 1.